The number of thiazole rings is 1. The van der Waals surface area contributed by atoms with Crippen LogP contribution in [0, 0.1) is 6.92 Å². The summed E-state index contributed by atoms with van der Waals surface area (Å²) in [6.07, 6.45) is 0. The summed E-state index contributed by atoms with van der Waals surface area (Å²) in [6, 6.07) is 13.4. The highest BCUT2D eigenvalue weighted by molar-refractivity contribution is 8.00. The second-order valence-electron chi connectivity index (χ2n) is 6.84. The molecular weight excluding hydrogens is 404 g/mol. The molecule has 2 heterocycles. The van der Waals surface area contributed by atoms with Crippen LogP contribution in [-0.4, -0.2) is 24.1 Å². The molecule has 1 aliphatic rings. The van der Waals surface area contributed by atoms with Gasteiger partial charge in [-0.2, -0.15) is 0 Å². The van der Waals surface area contributed by atoms with Crippen LogP contribution in [0.1, 0.15) is 40.1 Å². The van der Waals surface area contributed by atoms with E-state index >= 15 is 0 Å². The number of thioether (sulfide) groups is 1. The van der Waals surface area contributed by atoms with E-state index in [9.17, 15) is 4.79 Å². The normalized spacial score (nSPS) is 13.7. The first-order valence-corrected chi connectivity index (χ1v) is 11.3. The number of fused-ring (bicyclic) bond motifs is 1. The smallest absolute Gasteiger partial charge is 0.251 e. The Kier molecular flexibility index (Phi) is 6.06. The Morgan fingerprint density at radius 2 is 1.93 bits per heavy atom. The Labute approximate surface area is 178 Å². The molecule has 7 heteroatoms. The minimum atomic E-state index is -0.137. The minimum absolute atomic E-state index is 0.0952. The summed E-state index contributed by atoms with van der Waals surface area (Å²) in [6.45, 7) is 5.07. The van der Waals surface area contributed by atoms with Gasteiger partial charge in [0, 0.05) is 22.4 Å². The summed E-state index contributed by atoms with van der Waals surface area (Å²) in [5.74, 6) is 2.22. The van der Waals surface area contributed by atoms with Crippen molar-refractivity contribution in [3.8, 4) is 11.5 Å². The van der Waals surface area contributed by atoms with Gasteiger partial charge in [0.1, 0.15) is 17.6 Å². The summed E-state index contributed by atoms with van der Waals surface area (Å²) in [5, 5.41) is 5.10. The summed E-state index contributed by atoms with van der Waals surface area (Å²) in [5.41, 5.74) is 3.85. The zero-order valence-corrected chi connectivity index (χ0v) is 17.9. The van der Waals surface area contributed by atoms with E-state index in [1.165, 1.54) is 5.56 Å². The average Bonchev–Trinajstić information content (AvgIpc) is 3.17. The van der Waals surface area contributed by atoms with Crippen LogP contribution in [0.25, 0.3) is 0 Å². The van der Waals surface area contributed by atoms with Gasteiger partial charge in [-0.25, -0.2) is 4.98 Å². The predicted octanol–water partition coefficient (Wildman–Crippen LogP) is 5.01. The molecule has 1 N–H and O–H groups in total. The number of carbonyl (C=O) groups excluding carboxylic acids is 1. The number of ether oxygens (including phenoxy) is 2. The molecule has 0 aliphatic carbocycles. The largest absolute Gasteiger partial charge is 0.486 e. The summed E-state index contributed by atoms with van der Waals surface area (Å²) in [4.78, 5) is 17.1. The van der Waals surface area contributed by atoms with E-state index in [-0.39, 0.29) is 11.9 Å². The molecule has 5 nitrogen and oxygen atoms in total. The first kappa shape index (κ1) is 19.8. The molecule has 150 valence electrons. The third-order valence-electron chi connectivity index (χ3n) is 4.59. The number of aromatic nitrogens is 1. The molecule has 2 aromatic carbocycles. The second-order valence-corrected chi connectivity index (χ2v) is 8.92. The molecular formula is C22H22N2O3S2. The van der Waals surface area contributed by atoms with E-state index in [0.717, 1.165) is 32.8 Å². The fourth-order valence-electron chi connectivity index (χ4n) is 2.99. The van der Waals surface area contributed by atoms with E-state index in [1.54, 1.807) is 23.1 Å². The van der Waals surface area contributed by atoms with Crippen LogP contribution in [0.4, 0.5) is 0 Å². The maximum atomic E-state index is 12.6. The Balaban J connectivity index is 1.35. The third kappa shape index (κ3) is 4.92. The van der Waals surface area contributed by atoms with E-state index in [0.29, 0.717) is 18.8 Å². The molecule has 0 spiro atoms. The van der Waals surface area contributed by atoms with Crippen LogP contribution in [-0.2, 0) is 5.75 Å². The van der Waals surface area contributed by atoms with Crippen LogP contribution in [0.3, 0.4) is 0 Å². The van der Waals surface area contributed by atoms with Gasteiger partial charge < -0.3 is 14.8 Å². The van der Waals surface area contributed by atoms with Crippen molar-refractivity contribution >= 4 is 29.0 Å². The lowest BCUT2D eigenvalue weighted by atomic mass is 10.1. The Morgan fingerprint density at radius 1 is 1.17 bits per heavy atom. The van der Waals surface area contributed by atoms with Gasteiger partial charge >= 0.3 is 0 Å². The zero-order valence-electron chi connectivity index (χ0n) is 16.3. The van der Waals surface area contributed by atoms with Gasteiger partial charge in [-0.05, 0) is 49.2 Å². The minimum Gasteiger partial charge on any atom is -0.486 e. The molecule has 0 saturated heterocycles. The monoisotopic (exact) mass is 426 g/mol. The maximum absolute atomic E-state index is 12.6. The van der Waals surface area contributed by atoms with Crippen molar-refractivity contribution in [3.05, 3.63) is 70.2 Å². The fourth-order valence-corrected chi connectivity index (χ4v) is 4.79. The Bertz CT molecular complexity index is 1000. The highest BCUT2D eigenvalue weighted by Crippen LogP contribution is 2.32. The molecule has 0 fully saturated rings. The van der Waals surface area contributed by atoms with Crippen molar-refractivity contribution in [1.29, 1.82) is 0 Å². The third-order valence-corrected chi connectivity index (χ3v) is 6.80. The number of carbonyl (C=O) groups is 1. The van der Waals surface area contributed by atoms with Crippen LogP contribution in [0.5, 0.6) is 11.5 Å². The van der Waals surface area contributed by atoms with Gasteiger partial charge in [0.15, 0.2) is 11.5 Å². The van der Waals surface area contributed by atoms with Gasteiger partial charge in [-0.1, -0.05) is 30.0 Å². The molecule has 0 bridgehead atoms. The molecule has 1 atom stereocenters. The maximum Gasteiger partial charge on any atom is 0.251 e. The number of nitrogens with zero attached hydrogens (tertiary/aromatic N) is 1. The second kappa shape index (κ2) is 8.88. The van der Waals surface area contributed by atoms with Crippen LogP contribution < -0.4 is 14.8 Å². The fraction of sp³-hybridized carbons (Fsp3) is 0.273. The van der Waals surface area contributed by atoms with Crippen molar-refractivity contribution in [2.24, 2.45) is 0 Å². The van der Waals surface area contributed by atoms with Crippen molar-refractivity contribution < 1.29 is 14.3 Å². The zero-order chi connectivity index (χ0) is 20.2. The SMILES string of the molecule is Cc1csc(SCc2ccc(C(=O)NC(C)c3ccc4c(c3)OCCO4)cc2)n1. The highest BCUT2D eigenvalue weighted by atomic mass is 32.2. The number of nitrogens with one attached hydrogen (secondary N) is 1. The molecule has 1 aromatic heterocycles. The number of hydrogen-bond acceptors (Lipinski definition) is 6. The van der Waals surface area contributed by atoms with Crippen molar-refractivity contribution in [1.82, 2.24) is 10.3 Å². The number of aryl methyl sites for hydroxylation is 1. The van der Waals surface area contributed by atoms with E-state index in [1.807, 2.05) is 56.3 Å². The topological polar surface area (TPSA) is 60.5 Å². The summed E-state index contributed by atoms with van der Waals surface area (Å²) < 4.78 is 12.2. The number of benzene rings is 2. The van der Waals surface area contributed by atoms with Gasteiger partial charge in [-0.3, -0.25) is 4.79 Å². The molecule has 1 amide bonds. The number of rotatable bonds is 6. The predicted molar refractivity (Wildman–Crippen MR) is 116 cm³/mol. The molecule has 3 aromatic rings. The van der Waals surface area contributed by atoms with E-state index in [2.05, 4.69) is 15.7 Å². The summed E-state index contributed by atoms with van der Waals surface area (Å²) >= 11 is 3.37. The van der Waals surface area contributed by atoms with Gasteiger partial charge in [0.25, 0.3) is 5.91 Å². The van der Waals surface area contributed by atoms with Crippen molar-refractivity contribution in [3.63, 3.8) is 0 Å². The van der Waals surface area contributed by atoms with Crippen LogP contribution in [0.2, 0.25) is 0 Å². The van der Waals surface area contributed by atoms with Gasteiger partial charge in [0.05, 0.1) is 6.04 Å². The summed E-state index contributed by atoms with van der Waals surface area (Å²) in [7, 11) is 0. The Morgan fingerprint density at radius 3 is 2.66 bits per heavy atom. The number of hydrogen-bond donors (Lipinski definition) is 1. The lowest BCUT2D eigenvalue weighted by molar-refractivity contribution is 0.0939. The molecule has 29 heavy (non-hydrogen) atoms. The van der Waals surface area contributed by atoms with E-state index < -0.39 is 0 Å². The highest BCUT2D eigenvalue weighted by Gasteiger charge is 2.16. The quantitative estimate of drug-likeness (QED) is 0.562. The number of amides is 1. The first-order chi connectivity index (χ1) is 14.1. The standard InChI is InChI=1S/C22H22N2O3S2/c1-14-12-28-22(23-14)29-13-16-3-5-17(6-4-16)21(25)24-15(2)18-7-8-19-20(11-18)27-10-9-26-19/h3-8,11-12,15H,9-10,13H2,1-2H3,(H,24,25). The van der Waals surface area contributed by atoms with Crippen molar-refractivity contribution in [2.75, 3.05) is 13.2 Å². The molecule has 4 rings (SSSR count). The molecule has 1 unspecified atom stereocenters. The molecule has 0 saturated carbocycles. The van der Waals surface area contributed by atoms with E-state index in [4.69, 9.17) is 9.47 Å². The van der Waals surface area contributed by atoms with Gasteiger partial charge in [-0.15, -0.1) is 11.3 Å². The first-order valence-electron chi connectivity index (χ1n) is 9.43. The molecule has 0 radical (unpaired) electrons. The average molecular weight is 427 g/mol. The Hall–Kier alpha value is -2.51. The van der Waals surface area contributed by atoms with Crippen LogP contribution in [0.15, 0.2) is 52.2 Å². The lowest BCUT2D eigenvalue weighted by Crippen LogP contribution is -2.26. The van der Waals surface area contributed by atoms with Gasteiger partial charge in [0.2, 0.25) is 0 Å². The van der Waals surface area contributed by atoms with Crippen molar-refractivity contribution in [2.45, 2.75) is 30.0 Å². The van der Waals surface area contributed by atoms with Crippen LogP contribution >= 0.6 is 23.1 Å². The lowest BCUT2D eigenvalue weighted by Gasteiger charge is -2.21. The molecule has 1 aliphatic heterocycles.